The molecule has 0 saturated carbocycles. The average Bonchev–Trinajstić information content (AvgIpc) is 2.93. The van der Waals surface area contributed by atoms with Gasteiger partial charge in [0, 0.05) is 17.7 Å². The number of anilines is 1. The van der Waals surface area contributed by atoms with E-state index in [0.29, 0.717) is 40.0 Å². The second-order valence-electron chi connectivity index (χ2n) is 5.77. The quantitative estimate of drug-likeness (QED) is 0.629. The molecule has 2 aromatic rings. The lowest BCUT2D eigenvalue weighted by Gasteiger charge is -2.15. The van der Waals surface area contributed by atoms with Gasteiger partial charge in [0.15, 0.2) is 0 Å². The Balaban J connectivity index is 2.04. The molecule has 126 valence electrons. The first-order chi connectivity index (χ1) is 12.0. The molecule has 1 aliphatic heterocycles. The van der Waals surface area contributed by atoms with Crippen LogP contribution >= 0.6 is 23.2 Å². The van der Waals surface area contributed by atoms with Gasteiger partial charge in [-0.25, -0.2) is 0 Å². The fraction of sp³-hybridized carbons (Fsp3) is 0.158. The van der Waals surface area contributed by atoms with Gasteiger partial charge in [-0.15, -0.1) is 0 Å². The number of nitriles is 1. The Hall–Kier alpha value is -2.48. The molecule has 0 atom stereocenters. The molecule has 1 aliphatic rings. The molecule has 25 heavy (non-hydrogen) atoms. The van der Waals surface area contributed by atoms with Crippen molar-refractivity contribution < 1.29 is 4.79 Å². The fourth-order valence-corrected chi connectivity index (χ4v) is 3.41. The maximum atomic E-state index is 12.7. The van der Waals surface area contributed by atoms with Gasteiger partial charge < -0.3 is 10.6 Å². The summed E-state index contributed by atoms with van der Waals surface area (Å²) in [5.41, 5.74) is 9.93. The monoisotopic (exact) mass is 371 g/mol. The van der Waals surface area contributed by atoms with Crippen molar-refractivity contribution in [2.24, 2.45) is 0 Å². The average molecular weight is 372 g/mol. The summed E-state index contributed by atoms with van der Waals surface area (Å²) in [6, 6.07) is 11.2. The third-order valence-corrected chi connectivity index (χ3v) is 4.91. The number of nitrogens with two attached hydrogens (primary N) is 1. The van der Waals surface area contributed by atoms with Gasteiger partial charge in [0.2, 0.25) is 0 Å². The highest BCUT2D eigenvalue weighted by atomic mass is 35.5. The summed E-state index contributed by atoms with van der Waals surface area (Å²) in [5.74, 6) is -0.0842. The summed E-state index contributed by atoms with van der Waals surface area (Å²) in [4.78, 5) is 14.3. The minimum Gasteiger partial charge on any atom is -0.396 e. The summed E-state index contributed by atoms with van der Waals surface area (Å²) in [7, 11) is 0. The van der Waals surface area contributed by atoms with Gasteiger partial charge in [-0.3, -0.25) is 4.79 Å². The first kappa shape index (κ1) is 17.3. The Morgan fingerprint density at radius 2 is 1.96 bits per heavy atom. The molecule has 0 aliphatic carbocycles. The van der Waals surface area contributed by atoms with Gasteiger partial charge in [-0.2, -0.15) is 5.26 Å². The molecule has 0 fully saturated rings. The van der Waals surface area contributed by atoms with E-state index in [4.69, 9.17) is 34.2 Å². The SMILES string of the molecule is C/C=C(\C#N)CN1Cc2c(cccc2-c2cc(Cl)c(N)c(Cl)c2)C1=O. The lowest BCUT2D eigenvalue weighted by Crippen LogP contribution is -2.25. The predicted octanol–water partition coefficient (Wildman–Crippen LogP) is 4.67. The molecule has 2 aromatic carbocycles. The van der Waals surface area contributed by atoms with Crippen molar-refractivity contribution >= 4 is 34.8 Å². The Morgan fingerprint density at radius 3 is 2.56 bits per heavy atom. The normalized spacial score (nSPS) is 13.8. The summed E-state index contributed by atoms with van der Waals surface area (Å²) < 4.78 is 0. The van der Waals surface area contributed by atoms with Gasteiger partial charge in [0.25, 0.3) is 5.91 Å². The Morgan fingerprint density at radius 1 is 1.32 bits per heavy atom. The number of amides is 1. The molecule has 0 saturated heterocycles. The number of carbonyl (C=O) groups excluding carboxylic acids is 1. The molecule has 0 unspecified atom stereocenters. The van der Waals surface area contributed by atoms with E-state index in [2.05, 4.69) is 6.07 Å². The lowest BCUT2D eigenvalue weighted by molar-refractivity contribution is 0.0794. The van der Waals surface area contributed by atoms with Gasteiger partial charge in [0.05, 0.1) is 28.3 Å². The molecule has 4 nitrogen and oxygen atoms in total. The van der Waals surface area contributed by atoms with Crippen molar-refractivity contribution in [3.63, 3.8) is 0 Å². The number of nitrogens with zero attached hydrogens (tertiary/aromatic N) is 2. The van der Waals surface area contributed by atoms with Crippen molar-refractivity contribution in [3.8, 4) is 17.2 Å². The van der Waals surface area contributed by atoms with Crippen LogP contribution < -0.4 is 5.73 Å². The lowest BCUT2D eigenvalue weighted by atomic mass is 9.97. The van der Waals surface area contributed by atoms with Crippen molar-refractivity contribution in [1.82, 2.24) is 4.90 Å². The zero-order chi connectivity index (χ0) is 18.1. The predicted molar refractivity (Wildman–Crippen MR) is 100 cm³/mol. The van der Waals surface area contributed by atoms with Crippen LogP contribution in [0.1, 0.15) is 22.8 Å². The molecule has 1 heterocycles. The Kier molecular flexibility index (Phi) is 4.71. The highest BCUT2D eigenvalue weighted by molar-refractivity contribution is 6.39. The molecular weight excluding hydrogens is 357 g/mol. The highest BCUT2D eigenvalue weighted by Gasteiger charge is 2.30. The third-order valence-electron chi connectivity index (χ3n) is 4.29. The van der Waals surface area contributed by atoms with E-state index >= 15 is 0 Å². The molecule has 0 radical (unpaired) electrons. The van der Waals surface area contributed by atoms with Crippen molar-refractivity contribution in [1.29, 1.82) is 5.26 Å². The van der Waals surface area contributed by atoms with Crippen LogP contribution in [0.4, 0.5) is 5.69 Å². The molecule has 1 amide bonds. The van der Waals surface area contributed by atoms with E-state index in [1.165, 1.54) is 0 Å². The van der Waals surface area contributed by atoms with Crippen LogP contribution in [0.2, 0.25) is 10.0 Å². The van der Waals surface area contributed by atoms with Gasteiger partial charge in [-0.1, -0.05) is 41.4 Å². The van der Waals surface area contributed by atoms with E-state index in [1.54, 1.807) is 36.1 Å². The van der Waals surface area contributed by atoms with E-state index in [1.807, 2.05) is 12.1 Å². The Bertz CT molecular complexity index is 921. The maximum absolute atomic E-state index is 12.7. The molecule has 0 spiro atoms. The highest BCUT2D eigenvalue weighted by Crippen LogP contribution is 2.38. The molecule has 3 rings (SSSR count). The number of allylic oxidation sites excluding steroid dienone is 1. The summed E-state index contributed by atoms with van der Waals surface area (Å²) in [6.45, 7) is 2.52. The van der Waals surface area contributed by atoms with Crippen LogP contribution in [-0.2, 0) is 6.54 Å². The van der Waals surface area contributed by atoms with Gasteiger partial charge >= 0.3 is 0 Å². The van der Waals surface area contributed by atoms with Gasteiger partial charge in [0.1, 0.15) is 0 Å². The van der Waals surface area contributed by atoms with Crippen molar-refractivity contribution in [2.45, 2.75) is 13.5 Å². The summed E-state index contributed by atoms with van der Waals surface area (Å²) in [5, 5.41) is 9.87. The number of nitrogen functional groups attached to an aromatic ring is 1. The van der Waals surface area contributed by atoms with E-state index in [9.17, 15) is 4.79 Å². The smallest absolute Gasteiger partial charge is 0.254 e. The molecule has 0 aromatic heterocycles. The zero-order valence-corrected chi connectivity index (χ0v) is 15.0. The van der Waals surface area contributed by atoms with Crippen LogP contribution in [-0.4, -0.2) is 17.4 Å². The minimum atomic E-state index is -0.0842. The topological polar surface area (TPSA) is 70.1 Å². The molecular formula is C19H15Cl2N3O. The molecule has 6 heteroatoms. The number of hydrogen-bond donors (Lipinski definition) is 1. The minimum absolute atomic E-state index is 0.0842. The van der Waals surface area contributed by atoms with E-state index < -0.39 is 0 Å². The van der Waals surface area contributed by atoms with Crippen LogP contribution in [0.15, 0.2) is 42.0 Å². The summed E-state index contributed by atoms with van der Waals surface area (Å²) in [6.07, 6.45) is 1.72. The van der Waals surface area contributed by atoms with Crippen LogP contribution in [0.3, 0.4) is 0 Å². The van der Waals surface area contributed by atoms with E-state index in [-0.39, 0.29) is 5.91 Å². The first-order valence-electron chi connectivity index (χ1n) is 7.67. The number of hydrogen-bond acceptors (Lipinski definition) is 3. The number of benzene rings is 2. The third kappa shape index (κ3) is 3.09. The number of carbonyl (C=O) groups is 1. The number of rotatable bonds is 3. The largest absolute Gasteiger partial charge is 0.396 e. The van der Waals surface area contributed by atoms with E-state index in [0.717, 1.165) is 16.7 Å². The fourth-order valence-electron chi connectivity index (χ4n) is 2.93. The van der Waals surface area contributed by atoms with Gasteiger partial charge in [-0.05, 0) is 41.8 Å². The second kappa shape index (κ2) is 6.79. The standard InChI is InChI=1S/C19H15Cl2N3O/c1-2-11(8-22)9-24-10-15-13(4-3-5-14(15)19(24)25)12-6-16(20)18(23)17(21)7-12/h2-7H,9-10,23H2,1H3/b11-2+. The second-order valence-corrected chi connectivity index (χ2v) is 6.59. The van der Waals surface area contributed by atoms with Crippen LogP contribution in [0.25, 0.3) is 11.1 Å². The van der Waals surface area contributed by atoms with Crippen molar-refractivity contribution in [3.05, 3.63) is 63.2 Å². The van der Waals surface area contributed by atoms with Crippen LogP contribution in [0, 0.1) is 11.3 Å². The Labute approximate surface area is 156 Å². The number of halogens is 2. The maximum Gasteiger partial charge on any atom is 0.254 e. The van der Waals surface area contributed by atoms with Crippen LogP contribution in [0.5, 0.6) is 0 Å². The first-order valence-corrected chi connectivity index (χ1v) is 8.43. The zero-order valence-electron chi connectivity index (χ0n) is 13.5. The van der Waals surface area contributed by atoms with Crippen molar-refractivity contribution in [2.75, 3.05) is 12.3 Å². The molecule has 0 bridgehead atoms. The molecule has 2 N–H and O–H groups in total. The number of fused-ring (bicyclic) bond motifs is 1. The summed E-state index contributed by atoms with van der Waals surface area (Å²) >= 11 is 12.3.